The molecule has 0 radical (unpaired) electrons. The van der Waals surface area contributed by atoms with Gasteiger partial charge in [-0.25, -0.2) is 0 Å². The van der Waals surface area contributed by atoms with Crippen molar-refractivity contribution in [1.29, 1.82) is 0 Å². The second-order valence-corrected chi connectivity index (χ2v) is 3.57. The molecule has 2 rings (SSSR count). The SMILES string of the molecule is CNC(=O)c1nc(-c2ccc(OC(F)(F)F)cc2)no1. The number of benzene rings is 1. The van der Waals surface area contributed by atoms with Gasteiger partial charge in [0, 0.05) is 12.6 Å². The van der Waals surface area contributed by atoms with Crippen molar-refractivity contribution in [2.24, 2.45) is 0 Å². The number of nitrogens with one attached hydrogen (secondary N) is 1. The standard InChI is InChI=1S/C11H8F3N3O3/c1-15-9(18)10-16-8(17-20-10)6-2-4-7(5-3-6)19-11(12,13)14/h2-5H,1H3,(H,15,18). The van der Waals surface area contributed by atoms with Crippen molar-refractivity contribution in [2.75, 3.05) is 7.05 Å². The lowest BCUT2D eigenvalue weighted by Gasteiger charge is -2.08. The Labute approximate surface area is 110 Å². The van der Waals surface area contributed by atoms with Gasteiger partial charge in [-0.3, -0.25) is 4.79 Å². The van der Waals surface area contributed by atoms with E-state index in [0.29, 0.717) is 5.56 Å². The monoisotopic (exact) mass is 287 g/mol. The number of halogens is 3. The number of ether oxygens (including phenoxy) is 1. The lowest BCUT2D eigenvalue weighted by atomic mass is 10.2. The summed E-state index contributed by atoms with van der Waals surface area (Å²) in [4.78, 5) is 15.0. The largest absolute Gasteiger partial charge is 0.573 e. The van der Waals surface area contributed by atoms with Crippen molar-refractivity contribution in [2.45, 2.75) is 6.36 Å². The zero-order valence-electron chi connectivity index (χ0n) is 10.1. The van der Waals surface area contributed by atoms with Gasteiger partial charge in [-0.2, -0.15) is 4.98 Å². The Kier molecular flexibility index (Phi) is 3.59. The van der Waals surface area contributed by atoms with E-state index in [1.807, 2.05) is 0 Å². The third-order valence-corrected chi connectivity index (χ3v) is 2.19. The molecule has 6 nitrogen and oxygen atoms in total. The van der Waals surface area contributed by atoms with Crippen LogP contribution in [0, 0.1) is 0 Å². The fourth-order valence-electron chi connectivity index (χ4n) is 1.35. The van der Waals surface area contributed by atoms with Crippen LogP contribution in [-0.2, 0) is 0 Å². The van der Waals surface area contributed by atoms with Crippen LogP contribution >= 0.6 is 0 Å². The van der Waals surface area contributed by atoms with Gasteiger partial charge < -0.3 is 14.6 Å². The highest BCUT2D eigenvalue weighted by Crippen LogP contribution is 2.25. The average Bonchev–Trinajstić information content (AvgIpc) is 2.86. The van der Waals surface area contributed by atoms with Gasteiger partial charge in [-0.15, -0.1) is 13.2 Å². The quantitative estimate of drug-likeness (QED) is 0.934. The average molecular weight is 287 g/mol. The molecular formula is C11H8F3N3O3. The van der Waals surface area contributed by atoms with Gasteiger partial charge in [0.15, 0.2) is 0 Å². The first kappa shape index (κ1) is 13.8. The molecule has 0 saturated heterocycles. The molecule has 2 aromatic rings. The van der Waals surface area contributed by atoms with Crippen molar-refractivity contribution >= 4 is 5.91 Å². The van der Waals surface area contributed by atoms with E-state index in [1.165, 1.54) is 19.2 Å². The Balaban J connectivity index is 2.18. The molecule has 1 heterocycles. The van der Waals surface area contributed by atoms with Crippen molar-refractivity contribution < 1.29 is 27.2 Å². The van der Waals surface area contributed by atoms with Gasteiger partial charge in [-0.1, -0.05) is 5.16 Å². The third-order valence-electron chi connectivity index (χ3n) is 2.19. The molecule has 0 aliphatic heterocycles. The molecule has 1 amide bonds. The van der Waals surface area contributed by atoms with Crippen LogP contribution in [0.15, 0.2) is 28.8 Å². The Hall–Kier alpha value is -2.58. The van der Waals surface area contributed by atoms with Gasteiger partial charge in [0.25, 0.3) is 0 Å². The highest BCUT2D eigenvalue weighted by molar-refractivity contribution is 5.89. The Morgan fingerprint density at radius 1 is 1.30 bits per heavy atom. The minimum Gasteiger partial charge on any atom is -0.406 e. The number of nitrogens with zero attached hydrogens (tertiary/aromatic N) is 2. The zero-order chi connectivity index (χ0) is 14.8. The van der Waals surface area contributed by atoms with E-state index in [0.717, 1.165) is 12.1 Å². The van der Waals surface area contributed by atoms with Gasteiger partial charge in [-0.05, 0) is 24.3 Å². The summed E-state index contributed by atoms with van der Waals surface area (Å²) in [5, 5.41) is 5.85. The minimum atomic E-state index is -4.75. The summed E-state index contributed by atoms with van der Waals surface area (Å²) >= 11 is 0. The summed E-state index contributed by atoms with van der Waals surface area (Å²) < 4.78 is 44.4. The first-order valence-corrected chi connectivity index (χ1v) is 5.31. The highest BCUT2D eigenvalue weighted by atomic mass is 19.4. The number of carbonyl (C=O) groups excluding carboxylic acids is 1. The summed E-state index contributed by atoms with van der Waals surface area (Å²) in [5.74, 6) is -1.07. The normalized spacial score (nSPS) is 11.2. The van der Waals surface area contributed by atoms with Crippen LogP contribution in [0.1, 0.15) is 10.7 Å². The Morgan fingerprint density at radius 2 is 1.95 bits per heavy atom. The van der Waals surface area contributed by atoms with Crippen molar-refractivity contribution in [3.63, 3.8) is 0 Å². The molecule has 0 spiro atoms. The molecule has 0 aliphatic rings. The molecule has 0 atom stereocenters. The predicted octanol–water partition coefficient (Wildman–Crippen LogP) is 1.99. The van der Waals surface area contributed by atoms with Crippen LogP contribution in [0.4, 0.5) is 13.2 Å². The van der Waals surface area contributed by atoms with E-state index < -0.39 is 12.3 Å². The maximum Gasteiger partial charge on any atom is 0.573 e. The number of hydrogen-bond acceptors (Lipinski definition) is 5. The fourth-order valence-corrected chi connectivity index (χ4v) is 1.35. The van der Waals surface area contributed by atoms with Crippen LogP contribution in [0.3, 0.4) is 0 Å². The lowest BCUT2D eigenvalue weighted by Crippen LogP contribution is -2.18. The lowest BCUT2D eigenvalue weighted by molar-refractivity contribution is -0.274. The number of rotatable bonds is 3. The molecule has 0 aliphatic carbocycles. The summed E-state index contributed by atoms with van der Waals surface area (Å²) in [6.45, 7) is 0. The van der Waals surface area contributed by atoms with Crippen molar-refractivity contribution in [1.82, 2.24) is 15.5 Å². The minimum absolute atomic E-state index is 0.0853. The number of amides is 1. The maximum atomic E-state index is 12.0. The molecule has 106 valence electrons. The topological polar surface area (TPSA) is 77.2 Å². The molecule has 0 saturated carbocycles. The summed E-state index contributed by atoms with van der Waals surface area (Å²) in [6.07, 6.45) is -4.75. The molecule has 0 bridgehead atoms. The molecule has 1 N–H and O–H groups in total. The fraction of sp³-hybridized carbons (Fsp3) is 0.182. The molecule has 0 unspecified atom stereocenters. The van der Waals surface area contributed by atoms with E-state index in [-0.39, 0.29) is 17.5 Å². The third kappa shape index (κ3) is 3.25. The van der Waals surface area contributed by atoms with Crippen LogP contribution in [0.5, 0.6) is 5.75 Å². The van der Waals surface area contributed by atoms with Crippen LogP contribution < -0.4 is 10.1 Å². The Morgan fingerprint density at radius 3 is 2.50 bits per heavy atom. The predicted molar refractivity (Wildman–Crippen MR) is 59.8 cm³/mol. The van der Waals surface area contributed by atoms with E-state index >= 15 is 0 Å². The molecule has 20 heavy (non-hydrogen) atoms. The summed E-state index contributed by atoms with van der Waals surface area (Å²) in [6, 6.07) is 4.86. The van der Waals surface area contributed by atoms with E-state index in [9.17, 15) is 18.0 Å². The second-order valence-electron chi connectivity index (χ2n) is 3.57. The second kappa shape index (κ2) is 5.19. The molecule has 0 fully saturated rings. The summed E-state index contributed by atoms with van der Waals surface area (Å²) in [7, 11) is 1.40. The van der Waals surface area contributed by atoms with E-state index in [2.05, 4.69) is 20.2 Å². The van der Waals surface area contributed by atoms with Crippen LogP contribution in [-0.4, -0.2) is 29.5 Å². The molecule has 1 aromatic heterocycles. The van der Waals surface area contributed by atoms with Gasteiger partial charge in [0.05, 0.1) is 0 Å². The zero-order valence-corrected chi connectivity index (χ0v) is 10.1. The van der Waals surface area contributed by atoms with Crippen molar-refractivity contribution in [3.05, 3.63) is 30.2 Å². The first-order chi connectivity index (χ1) is 9.39. The van der Waals surface area contributed by atoms with Crippen molar-refractivity contribution in [3.8, 4) is 17.1 Å². The number of hydrogen-bond donors (Lipinski definition) is 1. The van der Waals surface area contributed by atoms with E-state index in [4.69, 9.17) is 4.52 Å². The molecule has 1 aromatic carbocycles. The van der Waals surface area contributed by atoms with Crippen LogP contribution in [0.25, 0.3) is 11.4 Å². The van der Waals surface area contributed by atoms with Gasteiger partial charge in [0.1, 0.15) is 5.75 Å². The van der Waals surface area contributed by atoms with Gasteiger partial charge in [0.2, 0.25) is 5.82 Å². The molecular weight excluding hydrogens is 279 g/mol. The van der Waals surface area contributed by atoms with Gasteiger partial charge >= 0.3 is 18.2 Å². The molecule has 9 heteroatoms. The number of aromatic nitrogens is 2. The smallest absolute Gasteiger partial charge is 0.406 e. The summed E-state index contributed by atoms with van der Waals surface area (Å²) in [5.41, 5.74) is 0.387. The first-order valence-electron chi connectivity index (χ1n) is 5.31. The van der Waals surface area contributed by atoms with E-state index in [1.54, 1.807) is 0 Å². The van der Waals surface area contributed by atoms with Crippen LogP contribution in [0.2, 0.25) is 0 Å². The maximum absolute atomic E-state index is 12.0. The number of carbonyl (C=O) groups is 1. The Bertz CT molecular complexity index is 607. The number of alkyl halides is 3. The highest BCUT2D eigenvalue weighted by Gasteiger charge is 2.31.